The molecule has 0 aromatic heterocycles. The number of unbranched alkanes of at least 4 members (excludes halogenated alkanes) is 3. The van der Waals surface area contributed by atoms with Crippen molar-refractivity contribution >= 4 is 8.80 Å². The molecule has 119 valence electrons. The van der Waals surface area contributed by atoms with Crippen LogP contribution in [-0.2, 0) is 12.6 Å². The molecule has 0 heterocycles. The Kier molecular flexibility index (Phi) is 8.08. The fourth-order valence-electron chi connectivity index (χ4n) is 2.56. The molecule has 1 aromatic rings. The Labute approximate surface area is 128 Å². The van der Waals surface area contributed by atoms with Crippen LogP contribution in [0.4, 0.5) is 13.2 Å². The lowest BCUT2D eigenvalue weighted by Gasteiger charge is -2.10. The second kappa shape index (κ2) is 9.29. The number of alkyl halides is 3. The molecule has 0 spiro atoms. The third-order valence-electron chi connectivity index (χ3n) is 4.00. The summed E-state index contributed by atoms with van der Waals surface area (Å²) in [5, 5.41) is 0. The quantitative estimate of drug-likeness (QED) is 0.368. The summed E-state index contributed by atoms with van der Waals surface area (Å²) < 4.78 is 37.8. The summed E-state index contributed by atoms with van der Waals surface area (Å²) in [7, 11) is -0.109. The maximum absolute atomic E-state index is 12.6. The molecule has 0 atom stereocenters. The van der Waals surface area contributed by atoms with Crippen molar-refractivity contribution in [3.05, 3.63) is 35.4 Å². The van der Waals surface area contributed by atoms with Gasteiger partial charge in [-0.2, -0.15) is 13.2 Å². The molecule has 0 nitrogen and oxygen atoms in total. The average Bonchev–Trinajstić information content (AvgIpc) is 2.46. The minimum atomic E-state index is -4.23. The van der Waals surface area contributed by atoms with E-state index in [1.54, 1.807) is 6.07 Å². The van der Waals surface area contributed by atoms with Crippen molar-refractivity contribution in [1.29, 1.82) is 0 Å². The summed E-state index contributed by atoms with van der Waals surface area (Å²) in [6, 6.07) is 9.83. The van der Waals surface area contributed by atoms with Gasteiger partial charge in [0.05, 0.1) is 5.56 Å². The van der Waals surface area contributed by atoms with Gasteiger partial charge in [0.2, 0.25) is 0 Å². The predicted octanol–water partition coefficient (Wildman–Crippen LogP) is 6.34. The first-order valence-electron chi connectivity index (χ1n) is 7.97. The van der Waals surface area contributed by atoms with Gasteiger partial charge in [0.15, 0.2) is 0 Å². The van der Waals surface area contributed by atoms with Gasteiger partial charge < -0.3 is 0 Å². The van der Waals surface area contributed by atoms with Crippen LogP contribution in [0.15, 0.2) is 24.3 Å². The Morgan fingerprint density at radius 1 is 0.952 bits per heavy atom. The van der Waals surface area contributed by atoms with Crippen molar-refractivity contribution in [1.82, 2.24) is 0 Å². The number of halogens is 3. The summed E-state index contributed by atoms with van der Waals surface area (Å²) in [4.78, 5) is 0. The van der Waals surface area contributed by atoms with Crippen molar-refractivity contribution in [2.75, 3.05) is 0 Å². The van der Waals surface area contributed by atoms with E-state index in [2.05, 4.69) is 13.8 Å². The molecule has 21 heavy (non-hydrogen) atoms. The first kappa shape index (κ1) is 18.3. The Morgan fingerprint density at radius 2 is 1.62 bits per heavy atom. The van der Waals surface area contributed by atoms with E-state index in [-0.39, 0.29) is 8.80 Å². The van der Waals surface area contributed by atoms with E-state index in [1.165, 1.54) is 43.1 Å². The van der Waals surface area contributed by atoms with E-state index >= 15 is 0 Å². The van der Waals surface area contributed by atoms with Crippen LogP contribution in [-0.4, -0.2) is 8.80 Å². The lowest BCUT2D eigenvalue weighted by molar-refractivity contribution is -0.137. The highest BCUT2D eigenvalue weighted by Gasteiger charge is 2.30. The second-order valence-electron chi connectivity index (χ2n) is 5.57. The third-order valence-corrected chi connectivity index (χ3v) is 7.06. The smallest absolute Gasteiger partial charge is 0.166 e. The molecule has 0 saturated heterocycles. The molecular weight excluding hydrogens is 289 g/mol. The van der Waals surface area contributed by atoms with E-state index in [9.17, 15) is 13.2 Å². The molecule has 1 aromatic carbocycles. The Bertz CT molecular complexity index is 397. The van der Waals surface area contributed by atoms with E-state index in [4.69, 9.17) is 0 Å². The number of hydrogen-bond donors (Lipinski definition) is 0. The van der Waals surface area contributed by atoms with Crippen molar-refractivity contribution in [2.45, 2.75) is 70.3 Å². The average molecular weight is 315 g/mol. The number of hydrogen-bond acceptors (Lipinski definition) is 0. The van der Waals surface area contributed by atoms with Crippen LogP contribution >= 0.6 is 0 Å². The summed E-state index contributed by atoms with van der Waals surface area (Å²) in [6.07, 6.45) is 1.14. The van der Waals surface area contributed by atoms with Crippen LogP contribution in [0.3, 0.4) is 0 Å². The van der Waals surface area contributed by atoms with Crippen LogP contribution in [0.2, 0.25) is 18.1 Å². The van der Waals surface area contributed by atoms with Crippen LogP contribution in [0.5, 0.6) is 0 Å². The van der Waals surface area contributed by atoms with Gasteiger partial charge in [0, 0.05) is 8.80 Å². The van der Waals surface area contributed by atoms with Gasteiger partial charge in [-0.25, -0.2) is 0 Å². The van der Waals surface area contributed by atoms with Crippen molar-refractivity contribution in [2.24, 2.45) is 0 Å². The van der Waals surface area contributed by atoms with Crippen LogP contribution in [0.1, 0.15) is 50.7 Å². The fourth-order valence-corrected chi connectivity index (χ4v) is 4.52. The Morgan fingerprint density at radius 3 is 2.24 bits per heavy atom. The SMILES string of the molecule is CC[Si](CC)CCCCCCc1cccc(C(F)(F)F)c1. The first-order chi connectivity index (χ1) is 9.97. The summed E-state index contributed by atoms with van der Waals surface area (Å²) in [5.74, 6) is 0. The van der Waals surface area contributed by atoms with Gasteiger partial charge in [-0.15, -0.1) is 0 Å². The minimum absolute atomic E-state index is 0.109. The lowest BCUT2D eigenvalue weighted by atomic mass is 10.0. The molecule has 1 radical (unpaired) electrons. The molecule has 0 aliphatic rings. The summed E-state index contributed by atoms with van der Waals surface area (Å²) in [6.45, 7) is 4.57. The third kappa shape index (κ3) is 7.16. The molecule has 0 unspecified atom stereocenters. The molecule has 4 heteroatoms. The first-order valence-corrected chi connectivity index (χ1v) is 10.1. The zero-order valence-corrected chi connectivity index (χ0v) is 14.1. The van der Waals surface area contributed by atoms with Gasteiger partial charge in [-0.1, -0.05) is 69.4 Å². The molecule has 0 fully saturated rings. The number of benzene rings is 1. The Hall–Kier alpha value is -0.773. The predicted molar refractivity (Wildman–Crippen MR) is 85.1 cm³/mol. The number of aryl methyl sites for hydroxylation is 1. The van der Waals surface area contributed by atoms with E-state index in [0.29, 0.717) is 0 Å². The van der Waals surface area contributed by atoms with Crippen molar-refractivity contribution in [3.63, 3.8) is 0 Å². The van der Waals surface area contributed by atoms with Crippen LogP contribution in [0.25, 0.3) is 0 Å². The monoisotopic (exact) mass is 315 g/mol. The normalized spacial score (nSPS) is 12.1. The standard InChI is InChI=1S/C17H26F3Si/c1-3-21(4-2)13-8-6-5-7-10-15-11-9-12-16(14-15)17(18,19)20/h9,11-12,14H,3-8,10,13H2,1-2H3. The largest absolute Gasteiger partial charge is 0.416 e. The maximum atomic E-state index is 12.6. The van der Waals surface area contributed by atoms with E-state index in [1.807, 2.05) is 0 Å². The zero-order chi connectivity index (χ0) is 15.7. The van der Waals surface area contributed by atoms with Crippen LogP contribution in [0, 0.1) is 0 Å². The van der Waals surface area contributed by atoms with Gasteiger partial charge >= 0.3 is 6.18 Å². The second-order valence-corrected chi connectivity index (χ2v) is 8.98. The zero-order valence-electron chi connectivity index (χ0n) is 13.1. The molecule has 0 aliphatic carbocycles. The topological polar surface area (TPSA) is 0 Å². The van der Waals surface area contributed by atoms with Gasteiger partial charge in [-0.05, 0) is 24.5 Å². The fraction of sp³-hybridized carbons (Fsp3) is 0.647. The molecular formula is C17H26F3Si. The van der Waals surface area contributed by atoms with Gasteiger partial charge in [-0.3, -0.25) is 0 Å². The van der Waals surface area contributed by atoms with Crippen molar-refractivity contribution < 1.29 is 13.2 Å². The molecule has 0 amide bonds. The highest BCUT2D eigenvalue weighted by molar-refractivity contribution is 6.58. The number of rotatable bonds is 9. The highest BCUT2D eigenvalue weighted by Crippen LogP contribution is 2.29. The molecule has 0 saturated carbocycles. The van der Waals surface area contributed by atoms with E-state index in [0.717, 1.165) is 30.9 Å². The lowest BCUT2D eigenvalue weighted by Crippen LogP contribution is -2.07. The molecule has 0 aliphatic heterocycles. The summed E-state index contributed by atoms with van der Waals surface area (Å²) in [5.41, 5.74) is 0.273. The molecule has 1 rings (SSSR count). The van der Waals surface area contributed by atoms with Crippen molar-refractivity contribution in [3.8, 4) is 0 Å². The Balaban J connectivity index is 2.24. The summed E-state index contributed by atoms with van der Waals surface area (Å²) >= 11 is 0. The molecule has 0 N–H and O–H groups in total. The molecule has 0 bridgehead atoms. The van der Waals surface area contributed by atoms with E-state index < -0.39 is 11.7 Å². The van der Waals surface area contributed by atoms with Crippen LogP contribution < -0.4 is 0 Å². The minimum Gasteiger partial charge on any atom is -0.166 e. The highest BCUT2D eigenvalue weighted by atomic mass is 28.3. The van der Waals surface area contributed by atoms with Gasteiger partial charge in [0.1, 0.15) is 0 Å². The van der Waals surface area contributed by atoms with Gasteiger partial charge in [0.25, 0.3) is 0 Å². The maximum Gasteiger partial charge on any atom is 0.416 e.